The molecule has 0 aliphatic carbocycles. The molecule has 0 radical (unpaired) electrons. The molecule has 0 spiro atoms. The highest BCUT2D eigenvalue weighted by Crippen LogP contribution is 2.35. The fourth-order valence-electron chi connectivity index (χ4n) is 6.12. The van der Waals surface area contributed by atoms with Crippen molar-refractivity contribution in [2.45, 2.75) is 71.0 Å². The van der Waals surface area contributed by atoms with Crippen molar-refractivity contribution in [1.29, 1.82) is 0 Å². The number of hydrogen-bond donors (Lipinski definition) is 3. The number of aromatic nitrogens is 1. The summed E-state index contributed by atoms with van der Waals surface area (Å²) in [7, 11) is 0. The van der Waals surface area contributed by atoms with Crippen LogP contribution in [0.1, 0.15) is 70.6 Å². The lowest BCUT2D eigenvalue weighted by Gasteiger charge is -2.26. The molecule has 8 heteroatoms. The summed E-state index contributed by atoms with van der Waals surface area (Å²) in [6, 6.07) is 6.46. The molecule has 2 saturated heterocycles. The van der Waals surface area contributed by atoms with E-state index in [0.29, 0.717) is 24.0 Å². The Morgan fingerprint density at radius 3 is 2.65 bits per heavy atom. The van der Waals surface area contributed by atoms with Crippen molar-refractivity contribution < 1.29 is 13.9 Å². The molecule has 0 unspecified atom stereocenters. The van der Waals surface area contributed by atoms with Crippen LogP contribution in [0.2, 0.25) is 0 Å². The average Bonchev–Trinajstić information content (AvgIpc) is 3.30. The molecule has 0 bridgehead atoms. The number of pyridine rings is 1. The summed E-state index contributed by atoms with van der Waals surface area (Å²) >= 11 is 0. The van der Waals surface area contributed by atoms with Crippen molar-refractivity contribution >= 4 is 22.6 Å². The van der Waals surface area contributed by atoms with Crippen molar-refractivity contribution in [3.63, 3.8) is 0 Å². The zero-order valence-corrected chi connectivity index (χ0v) is 21.6. The maximum absolute atomic E-state index is 13.7. The largest absolute Gasteiger partial charge is 0.460 e. The normalized spacial score (nSPS) is 19.4. The number of carbonyl (C=O) groups is 1. The topological polar surface area (TPSA) is 99.6 Å². The summed E-state index contributed by atoms with van der Waals surface area (Å²) in [5.41, 5.74) is 5.69. The summed E-state index contributed by atoms with van der Waals surface area (Å²) in [6.07, 6.45) is 6.92. The first-order valence-corrected chi connectivity index (χ1v) is 13.7. The molecule has 3 N–H and O–H groups in total. The van der Waals surface area contributed by atoms with Gasteiger partial charge in [0.25, 0.3) is 11.5 Å². The summed E-state index contributed by atoms with van der Waals surface area (Å²) < 4.78 is 11.9. The lowest BCUT2D eigenvalue weighted by molar-refractivity contribution is 0.0903. The highest BCUT2D eigenvalue weighted by Gasteiger charge is 2.26. The number of fused-ring (bicyclic) bond motifs is 4. The minimum absolute atomic E-state index is 0.126. The van der Waals surface area contributed by atoms with Gasteiger partial charge in [-0.2, -0.15) is 0 Å². The number of furan rings is 1. The number of ether oxygens (including phenoxy) is 1. The number of hydrogen-bond acceptors (Lipinski definition) is 6. The number of nitrogens with zero attached hydrogens (tertiary/aromatic N) is 1. The summed E-state index contributed by atoms with van der Waals surface area (Å²) in [6.45, 7) is 6.50. The molecule has 2 fully saturated rings. The van der Waals surface area contributed by atoms with Crippen LogP contribution in [0.15, 0.2) is 27.4 Å². The molecule has 3 aliphatic rings. The molecule has 37 heavy (non-hydrogen) atoms. The Morgan fingerprint density at radius 1 is 1.03 bits per heavy atom. The number of H-pyrrole nitrogens is 1. The fraction of sp³-hybridized carbons (Fsp3) is 0.517. The minimum Gasteiger partial charge on any atom is -0.460 e. The number of aromatic amines is 1. The maximum atomic E-state index is 13.7. The van der Waals surface area contributed by atoms with Gasteiger partial charge in [0.05, 0.1) is 12.1 Å². The van der Waals surface area contributed by atoms with E-state index in [1.807, 2.05) is 13.0 Å². The predicted molar refractivity (Wildman–Crippen MR) is 143 cm³/mol. The van der Waals surface area contributed by atoms with Crippen molar-refractivity contribution in [3.05, 3.63) is 62.3 Å². The number of piperidine rings is 1. The molecular weight excluding hydrogens is 468 g/mol. The van der Waals surface area contributed by atoms with Gasteiger partial charge >= 0.3 is 0 Å². The SMILES string of the molecule is Cc1cc2c(c(=O)[nH]1)CNC(=O)c1c(c(NC3CCOCC3)cc3oc(CN4CCCCC4)cc13)CC2. The summed E-state index contributed by atoms with van der Waals surface area (Å²) in [5.74, 6) is 0.735. The maximum Gasteiger partial charge on any atom is 0.253 e. The molecule has 3 aliphatic heterocycles. The molecule has 196 valence electrons. The van der Waals surface area contributed by atoms with Crippen molar-refractivity contribution in [2.75, 3.05) is 31.6 Å². The number of benzene rings is 1. The molecule has 8 nitrogen and oxygen atoms in total. The Balaban J connectivity index is 1.43. The Morgan fingerprint density at radius 2 is 1.84 bits per heavy atom. The second-order valence-corrected chi connectivity index (χ2v) is 10.7. The molecule has 0 saturated carbocycles. The third-order valence-corrected chi connectivity index (χ3v) is 8.05. The third-order valence-electron chi connectivity index (χ3n) is 8.05. The Hall–Kier alpha value is -3.10. The van der Waals surface area contributed by atoms with E-state index < -0.39 is 0 Å². The Bertz CT molecular complexity index is 1360. The molecular formula is C29H36N4O4. The number of nitrogens with one attached hydrogen (secondary N) is 3. The van der Waals surface area contributed by atoms with Gasteiger partial charge in [-0.25, -0.2) is 0 Å². The first kappa shape index (κ1) is 24.2. The van der Waals surface area contributed by atoms with E-state index in [2.05, 4.69) is 32.7 Å². The number of aryl methyl sites for hydroxylation is 2. The second kappa shape index (κ2) is 10.3. The lowest BCUT2D eigenvalue weighted by Crippen LogP contribution is -2.30. The zero-order chi connectivity index (χ0) is 25.4. The monoisotopic (exact) mass is 504 g/mol. The minimum atomic E-state index is -0.159. The smallest absolute Gasteiger partial charge is 0.253 e. The number of anilines is 1. The zero-order valence-electron chi connectivity index (χ0n) is 21.6. The van der Waals surface area contributed by atoms with Crippen LogP contribution in [0.25, 0.3) is 11.0 Å². The van der Waals surface area contributed by atoms with Gasteiger partial charge in [-0.3, -0.25) is 14.5 Å². The van der Waals surface area contributed by atoms with Crippen LogP contribution in [-0.4, -0.2) is 48.1 Å². The third kappa shape index (κ3) is 5.05. The van der Waals surface area contributed by atoms with Crippen LogP contribution < -0.4 is 16.2 Å². The van der Waals surface area contributed by atoms with Gasteiger partial charge < -0.3 is 24.8 Å². The molecule has 1 amide bonds. The molecule has 3 aromatic rings. The fourth-order valence-corrected chi connectivity index (χ4v) is 6.12. The van der Waals surface area contributed by atoms with Crippen molar-refractivity contribution in [3.8, 4) is 0 Å². The standard InChI is InChI=1S/C29H36N4O4/c1-18-13-19-5-6-22-25(32-20-7-11-36-12-8-20)15-26-23(14-21(37-26)17-33-9-3-2-4-10-33)27(22)29(35)30-16-24(19)28(34)31-18/h13-15,20,32H,2-12,16-17H2,1H3,(H,30,35)(H,31,34). The Labute approximate surface area is 216 Å². The summed E-state index contributed by atoms with van der Waals surface area (Å²) in [5, 5.41) is 7.64. The van der Waals surface area contributed by atoms with Crippen LogP contribution in [0.3, 0.4) is 0 Å². The number of carbonyl (C=O) groups excluding carboxylic acids is 1. The van der Waals surface area contributed by atoms with Crippen LogP contribution >= 0.6 is 0 Å². The molecule has 2 aromatic heterocycles. The highest BCUT2D eigenvalue weighted by molar-refractivity contribution is 6.09. The first-order valence-electron chi connectivity index (χ1n) is 13.7. The first-order chi connectivity index (χ1) is 18.0. The van der Waals surface area contributed by atoms with Gasteiger partial charge in [-0.1, -0.05) is 6.42 Å². The van der Waals surface area contributed by atoms with Crippen molar-refractivity contribution in [2.24, 2.45) is 0 Å². The van der Waals surface area contributed by atoms with Gasteiger partial charge in [0.2, 0.25) is 0 Å². The average molecular weight is 505 g/mol. The van der Waals surface area contributed by atoms with Crippen LogP contribution in [0.4, 0.5) is 5.69 Å². The van der Waals surface area contributed by atoms with Gasteiger partial charge in [0.15, 0.2) is 0 Å². The number of amides is 1. The van der Waals surface area contributed by atoms with Gasteiger partial charge in [0, 0.05) is 54.2 Å². The van der Waals surface area contributed by atoms with E-state index in [9.17, 15) is 9.59 Å². The molecule has 1 aromatic carbocycles. The van der Waals surface area contributed by atoms with E-state index in [-0.39, 0.29) is 24.1 Å². The van der Waals surface area contributed by atoms with Gasteiger partial charge in [-0.15, -0.1) is 0 Å². The van der Waals surface area contributed by atoms with E-state index in [1.165, 1.54) is 19.3 Å². The molecule has 5 heterocycles. The highest BCUT2D eigenvalue weighted by atomic mass is 16.5. The van der Waals surface area contributed by atoms with Crippen LogP contribution in [0.5, 0.6) is 0 Å². The second-order valence-electron chi connectivity index (χ2n) is 10.7. The lowest BCUT2D eigenvalue weighted by atomic mass is 9.93. The number of likely N-dealkylation sites (tertiary alicyclic amines) is 1. The van der Waals surface area contributed by atoms with Gasteiger partial charge in [-0.05, 0) is 81.8 Å². The van der Waals surface area contributed by atoms with E-state index in [0.717, 1.165) is 84.9 Å². The van der Waals surface area contributed by atoms with E-state index >= 15 is 0 Å². The Kier molecular flexibility index (Phi) is 6.78. The molecule has 6 rings (SSSR count). The van der Waals surface area contributed by atoms with E-state index in [1.54, 1.807) is 0 Å². The van der Waals surface area contributed by atoms with Crippen LogP contribution in [0, 0.1) is 6.92 Å². The summed E-state index contributed by atoms with van der Waals surface area (Å²) in [4.78, 5) is 31.8. The van der Waals surface area contributed by atoms with Crippen molar-refractivity contribution in [1.82, 2.24) is 15.2 Å². The number of rotatable bonds is 4. The predicted octanol–water partition coefficient (Wildman–Crippen LogP) is 4.03. The quantitative estimate of drug-likeness (QED) is 0.496. The van der Waals surface area contributed by atoms with Crippen LogP contribution in [-0.2, 0) is 30.7 Å². The molecule has 0 atom stereocenters. The van der Waals surface area contributed by atoms with Gasteiger partial charge in [0.1, 0.15) is 11.3 Å². The van der Waals surface area contributed by atoms with E-state index in [4.69, 9.17) is 9.15 Å².